The quantitative estimate of drug-likeness (QED) is 0.322. The minimum Gasteiger partial charge on any atom is -0.497 e. The van der Waals surface area contributed by atoms with Gasteiger partial charge in [-0.25, -0.2) is 0 Å². The number of anilines is 2. The number of methoxy groups -OCH3 is 1. The van der Waals surface area contributed by atoms with E-state index in [1.807, 2.05) is 30.3 Å². The minimum atomic E-state index is -0.507. The summed E-state index contributed by atoms with van der Waals surface area (Å²) in [5.74, 6) is 0.0148. The number of benzene rings is 3. The summed E-state index contributed by atoms with van der Waals surface area (Å²) in [6.07, 6.45) is 0. The van der Waals surface area contributed by atoms with E-state index in [0.717, 1.165) is 0 Å². The maximum absolute atomic E-state index is 13.4. The largest absolute Gasteiger partial charge is 0.497 e. The fraction of sp³-hybridized carbons (Fsp3) is 0.0741. The van der Waals surface area contributed by atoms with Gasteiger partial charge in [-0.1, -0.05) is 47.6 Å². The molecule has 2 aromatic heterocycles. The molecule has 0 aliphatic heterocycles. The Kier molecular flexibility index (Phi) is 5.76. The third-order valence-corrected chi connectivity index (χ3v) is 5.51. The van der Waals surface area contributed by atoms with E-state index in [2.05, 4.69) is 15.8 Å². The Bertz CT molecular complexity index is 1520. The van der Waals surface area contributed by atoms with Gasteiger partial charge in [0.1, 0.15) is 22.6 Å². The molecule has 0 spiro atoms. The van der Waals surface area contributed by atoms with Crippen molar-refractivity contribution in [2.75, 3.05) is 17.7 Å². The van der Waals surface area contributed by atoms with Crippen molar-refractivity contribution in [1.82, 2.24) is 5.16 Å². The minimum absolute atomic E-state index is 0.0225. The van der Waals surface area contributed by atoms with Gasteiger partial charge in [-0.2, -0.15) is 0 Å². The van der Waals surface area contributed by atoms with Gasteiger partial charge in [-0.3, -0.25) is 9.59 Å². The van der Waals surface area contributed by atoms with Gasteiger partial charge in [0.15, 0.2) is 5.76 Å². The number of fused-ring (bicyclic) bond motifs is 1. The van der Waals surface area contributed by atoms with Crippen LogP contribution in [-0.4, -0.2) is 24.1 Å². The Hall–Kier alpha value is -4.85. The maximum atomic E-state index is 13.4. The molecule has 8 nitrogen and oxygen atoms in total. The van der Waals surface area contributed by atoms with Crippen LogP contribution in [0.25, 0.3) is 22.3 Å². The Morgan fingerprint density at radius 2 is 1.57 bits per heavy atom. The second kappa shape index (κ2) is 9.18. The van der Waals surface area contributed by atoms with E-state index in [9.17, 15) is 9.59 Å². The van der Waals surface area contributed by atoms with Gasteiger partial charge in [-0.05, 0) is 43.3 Å². The van der Waals surface area contributed by atoms with Gasteiger partial charge < -0.3 is 24.3 Å². The van der Waals surface area contributed by atoms with E-state index in [-0.39, 0.29) is 17.0 Å². The van der Waals surface area contributed by atoms with Crippen LogP contribution < -0.4 is 15.4 Å². The van der Waals surface area contributed by atoms with Crippen LogP contribution in [0.5, 0.6) is 5.75 Å². The van der Waals surface area contributed by atoms with Crippen molar-refractivity contribution in [3.05, 3.63) is 95.9 Å². The first kappa shape index (κ1) is 22.0. The normalized spacial score (nSPS) is 10.8. The molecule has 0 fully saturated rings. The van der Waals surface area contributed by atoms with Crippen molar-refractivity contribution in [1.29, 1.82) is 0 Å². The van der Waals surface area contributed by atoms with Crippen molar-refractivity contribution >= 4 is 34.2 Å². The average molecular weight is 467 g/mol. The predicted octanol–water partition coefficient (Wildman–Crippen LogP) is 5.91. The van der Waals surface area contributed by atoms with Crippen LogP contribution in [0.4, 0.5) is 11.4 Å². The number of carbonyl (C=O) groups excluding carboxylic acids is 2. The number of nitrogens with one attached hydrogen (secondary N) is 2. The van der Waals surface area contributed by atoms with Gasteiger partial charge >= 0.3 is 0 Å². The van der Waals surface area contributed by atoms with Gasteiger partial charge in [-0.15, -0.1) is 0 Å². The third kappa shape index (κ3) is 4.24. The smallest absolute Gasteiger partial charge is 0.293 e. The highest BCUT2D eigenvalue weighted by Crippen LogP contribution is 2.33. The Morgan fingerprint density at radius 3 is 2.31 bits per heavy atom. The van der Waals surface area contributed by atoms with Gasteiger partial charge in [0.05, 0.1) is 12.8 Å². The van der Waals surface area contributed by atoms with Crippen LogP contribution in [0.1, 0.15) is 26.6 Å². The molecule has 5 rings (SSSR count). The molecule has 0 aliphatic rings. The number of furan rings is 1. The number of aromatic nitrogens is 1. The second-order valence-electron chi connectivity index (χ2n) is 7.78. The van der Waals surface area contributed by atoms with E-state index in [1.54, 1.807) is 62.6 Å². The number of amides is 2. The molecule has 0 atom stereocenters. The SMILES string of the molecule is COc1ccc(NC(=O)c2oc3ccccc3c2NC(=O)c2c(C)noc2-c2ccccc2)cc1. The molecular formula is C27H21N3O5. The zero-order valence-corrected chi connectivity index (χ0v) is 19.0. The number of ether oxygens (including phenoxy) is 1. The first-order valence-electron chi connectivity index (χ1n) is 10.8. The fourth-order valence-corrected chi connectivity index (χ4v) is 3.79. The molecule has 8 heteroatoms. The molecule has 0 bridgehead atoms. The fourth-order valence-electron chi connectivity index (χ4n) is 3.79. The number of carbonyl (C=O) groups is 2. The highest BCUT2D eigenvalue weighted by Gasteiger charge is 2.27. The Balaban J connectivity index is 1.50. The Labute approximate surface area is 200 Å². The van der Waals surface area contributed by atoms with Gasteiger partial charge in [0.25, 0.3) is 11.8 Å². The lowest BCUT2D eigenvalue weighted by Gasteiger charge is -2.08. The summed E-state index contributed by atoms with van der Waals surface area (Å²) in [4.78, 5) is 26.6. The first-order chi connectivity index (χ1) is 17.0. The molecule has 0 unspecified atom stereocenters. The van der Waals surface area contributed by atoms with Crippen molar-refractivity contribution in [3.63, 3.8) is 0 Å². The summed E-state index contributed by atoms with van der Waals surface area (Å²) in [6, 6.07) is 23.2. The topological polar surface area (TPSA) is 107 Å². The van der Waals surface area contributed by atoms with Crippen molar-refractivity contribution < 1.29 is 23.3 Å². The molecule has 2 amide bonds. The number of hydrogen-bond donors (Lipinski definition) is 2. The molecule has 3 aromatic carbocycles. The molecular weight excluding hydrogens is 446 g/mol. The number of hydrogen-bond acceptors (Lipinski definition) is 6. The van der Waals surface area contributed by atoms with E-state index < -0.39 is 11.8 Å². The second-order valence-corrected chi connectivity index (χ2v) is 7.78. The molecule has 5 aromatic rings. The van der Waals surface area contributed by atoms with Crippen LogP contribution in [0.2, 0.25) is 0 Å². The lowest BCUT2D eigenvalue weighted by atomic mass is 10.1. The van der Waals surface area contributed by atoms with Crippen LogP contribution >= 0.6 is 0 Å². The number of rotatable bonds is 6. The zero-order chi connectivity index (χ0) is 24.4. The number of nitrogens with zero attached hydrogens (tertiary/aromatic N) is 1. The van der Waals surface area contributed by atoms with Crippen LogP contribution in [0, 0.1) is 6.92 Å². The number of aryl methyl sites for hydroxylation is 1. The van der Waals surface area contributed by atoms with Crippen LogP contribution in [0.15, 0.2) is 87.8 Å². The average Bonchev–Trinajstić information content (AvgIpc) is 3.46. The van der Waals surface area contributed by atoms with Crippen molar-refractivity contribution in [2.24, 2.45) is 0 Å². The summed E-state index contributed by atoms with van der Waals surface area (Å²) in [5.41, 5.74) is 2.70. The van der Waals surface area contributed by atoms with E-state index >= 15 is 0 Å². The predicted molar refractivity (Wildman–Crippen MR) is 132 cm³/mol. The van der Waals surface area contributed by atoms with E-state index in [1.165, 1.54) is 0 Å². The van der Waals surface area contributed by atoms with Crippen LogP contribution in [-0.2, 0) is 0 Å². The van der Waals surface area contributed by atoms with E-state index in [4.69, 9.17) is 13.7 Å². The molecule has 174 valence electrons. The summed E-state index contributed by atoms with van der Waals surface area (Å²) < 4.78 is 16.5. The van der Waals surface area contributed by atoms with E-state index in [0.29, 0.717) is 39.4 Å². The highest BCUT2D eigenvalue weighted by atomic mass is 16.5. The van der Waals surface area contributed by atoms with Crippen molar-refractivity contribution in [3.8, 4) is 17.1 Å². The molecule has 0 saturated carbocycles. The zero-order valence-electron chi connectivity index (χ0n) is 19.0. The first-order valence-corrected chi connectivity index (χ1v) is 10.8. The number of para-hydroxylation sites is 1. The van der Waals surface area contributed by atoms with Crippen LogP contribution in [0.3, 0.4) is 0 Å². The lowest BCUT2D eigenvalue weighted by Crippen LogP contribution is -2.18. The monoisotopic (exact) mass is 467 g/mol. The molecule has 0 saturated heterocycles. The third-order valence-electron chi connectivity index (χ3n) is 5.51. The maximum Gasteiger partial charge on any atom is 0.293 e. The molecule has 0 radical (unpaired) electrons. The summed E-state index contributed by atoms with van der Waals surface area (Å²) >= 11 is 0. The summed E-state index contributed by atoms with van der Waals surface area (Å²) in [5, 5.41) is 10.2. The standard InChI is InChI=1S/C27H21N3O5/c1-16-22(24(35-30-16)17-8-4-3-5-9-17)26(31)29-23-20-10-6-7-11-21(20)34-25(23)27(32)28-18-12-14-19(33-2)15-13-18/h3-15H,1-2H3,(H,28,32)(H,29,31). The summed E-state index contributed by atoms with van der Waals surface area (Å²) in [6.45, 7) is 1.69. The summed E-state index contributed by atoms with van der Waals surface area (Å²) in [7, 11) is 1.57. The molecule has 0 aliphatic carbocycles. The molecule has 2 N–H and O–H groups in total. The Morgan fingerprint density at radius 1 is 0.857 bits per heavy atom. The lowest BCUT2D eigenvalue weighted by molar-refractivity contribution is 0.0999. The molecule has 35 heavy (non-hydrogen) atoms. The van der Waals surface area contributed by atoms with Gasteiger partial charge in [0.2, 0.25) is 5.76 Å². The molecule has 2 heterocycles. The highest BCUT2D eigenvalue weighted by molar-refractivity contribution is 6.18. The van der Waals surface area contributed by atoms with Crippen molar-refractivity contribution in [2.45, 2.75) is 6.92 Å². The van der Waals surface area contributed by atoms with Gasteiger partial charge in [0, 0.05) is 16.6 Å².